The minimum atomic E-state index is -4.08. The number of amides is 1. The molecule has 10 heteroatoms. The molecule has 172 valence electrons. The van der Waals surface area contributed by atoms with Crippen LogP contribution < -0.4 is 14.5 Å². The first-order chi connectivity index (χ1) is 15.7. The Balaban J connectivity index is 1.90. The molecule has 1 amide bonds. The van der Waals surface area contributed by atoms with Gasteiger partial charge in [0.1, 0.15) is 12.3 Å². The first-order valence-corrected chi connectivity index (χ1v) is 11.9. The summed E-state index contributed by atoms with van der Waals surface area (Å²) in [5.74, 6) is -0.332. The Morgan fingerprint density at radius 3 is 2.45 bits per heavy atom. The van der Waals surface area contributed by atoms with Gasteiger partial charge in [-0.1, -0.05) is 53.5 Å². The third-order valence-electron chi connectivity index (χ3n) is 4.57. The molecule has 0 aromatic heterocycles. The van der Waals surface area contributed by atoms with Crippen molar-refractivity contribution < 1.29 is 17.9 Å². The van der Waals surface area contributed by atoms with Crippen molar-refractivity contribution in [2.24, 2.45) is 5.10 Å². The molecular weight excluding hydrogens is 485 g/mol. The highest BCUT2D eigenvalue weighted by molar-refractivity contribution is 7.92. The zero-order valence-electron chi connectivity index (χ0n) is 17.8. The monoisotopic (exact) mass is 505 g/mol. The molecular formula is C23H21Cl2N3O4S. The van der Waals surface area contributed by atoms with Crippen LogP contribution in [0.3, 0.4) is 0 Å². The second-order valence-corrected chi connectivity index (χ2v) is 9.64. The number of hydrazone groups is 1. The average molecular weight is 506 g/mol. The van der Waals surface area contributed by atoms with Gasteiger partial charge in [0.15, 0.2) is 0 Å². The molecule has 3 aromatic rings. The van der Waals surface area contributed by atoms with Gasteiger partial charge in [0.05, 0.1) is 34.0 Å². The summed E-state index contributed by atoms with van der Waals surface area (Å²) in [5, 5.41) is 4.64. The van der Waals surface area contributed by atoms with Crippen LogP contribution in [0.5, 0.6) is 5.75 Å². The SMILES string of the molecule is COc1ccc(C)cc1N(CC(=O)N/N=C\c1ccc(Cl)c(Cl)c1)S(=O)(=O)c1ccccc1. The zero-order chi connectivity index (χ0) is 24.0. The van der Waals surface area contributed by atoms with E-state index in [1.54, 1.807) is 54.6 Å². The third kappa shape index (κ3) is 6.04. The summed E-state index contributed by atoms with van der Waals surface area (Å²) in [4.78, 5) is 12.7. The Morgan fingerprint density at radius 2 is 1.79 bits per heavy atom. The van der Waals surface area contributed by atoms with Gasteiger partial charge in [-0.3, -0.25) is 9.10 Å². The molecule has 0 saturated carbocycles. The van der Waals surface area contributed by atoms with E-state index in [0.29, 0.717) is 21.4 Å². The van der Waals surface area contributed by atoms with Crippen molar-refractivity contribution in [2.75, 3.05) is 18.0 Å². The minimum absolute atomic E-state index is 0.0423. The van der Waals surface area contributed by atoms with E-state index in [2.05, 4.69) is 10.5 Å². The number of halogens is 2. The molecule has 0 unspecified atom stereocenters. The summed E-state index contributed by atoms with van der Waals surface area (Å²) >= 11 is 11.9. The molecule has 0 fully saturated rings. The predicted octanol–water partition coefficient (Wildman–Crippen LogP) is 4.66. The third-order valence-corrected chi connectivity index (χ3v) is 7.08. The molecule has 33 heavy (non-hydrogen) atoms. The van der Waals surface area contributed by atoms with E-state index in [1.165, 1.54) is 25.5 Å². The molecule has 0 aliphatic rings. The number of aryl methyl sites for hydroxylation is 1. The van der Waals surface area contributed by atoms with Crippen LogP contribution in [0.25, 0.3) is 0 Å². The lowest BCUT2D eigenvalue weighted by Gasteiger charge is -2.25. The fraction of sp³-hybridized carbons (Fsp3) is 0.130. The first kappa shape index (κ1) is 24.6. The Morgan fingerprint density at radius 1 is 1.06 bits per heavy atom. The molecule has 7 nitrogen and oxygen atoms in total. The van der Waals surface area contributed by atoms with Gasteiger partial charge >= 0.3 is 0 Å². The lowest BCUT2D eigenvalue weighted by Crippen LogP contribution is -2.39. The number of rotatable bonds is 8. The summed E-state index contributed by atoms with van der Waals surface area (Å²) in [5.41, 5.74) is 4.00. The molecule has 3 rings (SSSR count). The summed E-state index contributed by atoms with van der Waals surface area (Å²) < 4.78 is 33.2. The fourth-order valence-corrected chi connectivity index (χ4v) is 4.70. The lowest BCUT2D eigenvalue weighted by molar-refractivity contribution is -0.119. The molecule has 0 bridgehead atoms. The van der Waals surface area contributed by atoms with E-state index in [9.17, 15) is 13.2 Å². The van der Waals surface area contributed by atoms with Crippen molar-refractivity contribution >= 4 is 51.0 Å². The van der Waals surface area contributed by atoms with Gasteiger partial charge in [-0.2, -0.15) is 5.10 Å². The van der Waals surface area contributed by atoms with E-state index in [1.807, 2.05) is 6.92 Å². The van der Waals surface area contributed by atoms with Crippen molar-refractivity contribution in [3.8, 4) is 5.75 Å². The number of carbonyl (C=O) groups is 1. The molecule has 0 radical (unpaired) electrons. The lowest BCUT2D eigenvalue weighted by atomic mass is 10.2. The summed E-state index contributed by atoms with van der Waals surface area (Å²) in [6.07, 6.45) is 1.38. The number of nitrogens with one attached hydrogen (secondary N) is 1. The molecule has 0 saturated heterocycles. The predicted molar refractivity (Wildman–Crippen MR) is 131 cm³/mol. The number of nitrogens with zero attached hydrogens (tertiary/aromatic N) is 2. The number of ether oxygens (including phenoxy) is 1. The van der Waals surface area contributed by atoms with Crippen molar-refractivity contribution in [3.63, 3.8) is 0 Å². The van der Waals surface area contributed by atoms with E-state index in [4.69, 9.17) is 27.9 Å². The number of hydrogen-bond donors (Lipinski definition) is 1. The number of sulfonamides is 1. The van der Waals surface area contributed by atoms with Gasteiger partial charge in [0.2, 0.25) is 0 Å². The molecule has 1 N–H and O–H groups in total. The average Bonchev–Trinajstić information content (AvgIpc) is 2.80. The smallest absolute Gasteiger partial charge is 0.264 e. The van der Waals surface area contributed by atoms with E-state index >= 15 is 0 Å². The van der Waals surface area contributed by atoms with E-state index in [-0.39, 0.29) is 10.6 Å². The Labute approximate surface area is 202 Å². The van der Waals surface area contributed by atoms with Crippen LogP contribution in [0.2, 0.25) is 10.0 Å². The van der Waals surface area contributed by atoms with Crippen LogP contribution in [0, 0.1) is 6.92 Å². The highest BCUT2D eigenvalue weighted by atomic mass is 35.5. The topological polar surface area (TPSA) is 88.1 Å². The van der Waals surface area contributed by atoms with Gasteiger partial charge in [-0.05, 0) is 54.4 Å². The van der Waals surface area contributed by atoms with Gasteiger partial charge < -0.3 is 4.74 Å². The maximum Gasteiger partial charge on any atom is 0.264 e. The number of carbonyl (C=O) groups excluding carboxylic acids is 1. The van der Waals surface area contributed by atoms with Crippen LogP contribution in [0.15, 0.2) is 76.7 Å². The van der Waals surface area contributed by atoms with Gasteiger partial charge in [0.25, 0.3) is 15.9 Å². The maximum atomic E-state index is 13.4. The van der Waals surface area contributed by atoms with Crippen molar-refractivity contribution in [1.29, 1.82) is 0 Å². The van der Waals surface area contributed by atoms with E-state index in [0.717, 1.165) is 9.87 Å². The van der Waals surface area contributed by atoms with Gasteiger partial charge in [0, 0.05) is 0 Å². The molecule has 3 aromatic carbocycles. The Kier molecular flexibility index (Phi) is 7.97. The fourth-order valence-electron chi connectivity index (χ4n) is 2.95. The number of hydrogen-bond acceptors (Lipinski definition) is 5. The summed E-state index contributed by atoms with van der Waals surface area (Å²) in [6.45, 7) is 1.30. The maximum absolute atomic E-state index is 13.4. The largest absolute Gasteiger partial charge is 0.495 e. The van der Waals surface area contributed by atoms with Crippen molar-refractivity contribution in [1.82, 2.24) is 5.43 Å². The highest BCUT2D eigenvalue weighted by Crippen LogP contribution is 2.33. The van der Waals surface area contributed by atoms with Crippen molar-refractivity contribution in [2.45, 2.75) is 11.8 Å². The van der Waals surface area contributed by atoms with Crippen LogP contribution in [0.1, 0.15) is 11.1 Å². The second kappa shape index (κ2) is 10.7. The van der Waals surface area contributed by atoms with Gasteiger partial charge in [-0.15, -0.1) is 0 Å². The Hall–Kier alpha value is -3.07. The van der Waals surface area contributed by atoms with Crippen LogP contribution in [0.4, 0.5) is 5.69 Å². The highest BCUT2D eigenvalue weighted by Gasteiger charge is 2.29. The van der Waals surface area contributed by atoms with Crippen molar-refractivity contribution in [3.05, 3.63) is 87.9 Å². The quantitative estimate of drug-likeness (QED) is 0.356. The molecule has 0 spiro atoms. The summed E-state index contributed by atoms with van der Waals surface area (Å²) in [6, 6.07) is 17.8. The Bertz CT molecular complexity index is 1280. The van der Waals surface area contributed by atoms with Crippen LogP contribution in [-0.4, -0.2) is 34.2 Å². The standard InChI is InChI=1S/C23H21Cl2N3O4S/c1-16-8-11-22(32-2)21(12-16)28(33(30,31)18-6-4-3-5-7-18)15-23(29)27-26-14-17-9-10-19(24)20(25)13-17/h3-14H,15H2,1-2H3,(H,27,29)/b26-14-. The molecule has 0 heterocycles. The number of methoxy groups -OCH3 is 1. The van der Waals surface area contributed by atoms with Gasteiger partial charge in [-0.25, -0.2) is 13.8 Å². The first-order valence-electron chi connectivity index (χ1n) is 9.72. The van der Waals surface area contributed by atoms with E-state index < -0.39 is 22.5 Å². The second-order valence-electron chi connectivity index (χ2n) is 6.97. The number of anilines is 1. The molecule has 0 aliphatic carbocycles. The molecule has 0 aliphatic heterocycles. The zero-order valence-corrected chi connectivity index (χ0v) is 20.2. The minimum Gasteiger partial charge on any atom is -0.495 e. The number of benzene rings is 3. The normalized spacial score (nSPS) is 11.4. The molecule has 0 atom stereocenters. The summed E-state index contributed by atoms with van der Waals surface area (Å²) in [7, 11) is -2.64. The van der Waals surface area contributed by atoms with Crippen LogP contribution >= 0.6 is 23.2 Å². The van der Waals surface area contributed by atoms with Crippen LogP contribution in [-0.2, 0) is 14.8 Å².